The summed E-state index contributed by atoms with van der Waals surface area (Å²) in [6.45, 7) is 2.90. The molecule has 6 heteroatoms. The second-order valence-corrected chi connectivity index (χ2v) is 4.89. The summed E-state index contributed by atoms with van der Waals surface area (Å²) in [5.41, 5.74) is 0.802. The first kappa shape index (κ1) is 14.4. The normalized spacial score (nSPS) is 11.9. The highest BCUT2D eigenvalue weighted by Crippen LogP contribution is 2.16. The van der Waals surface area contributed by atoms with Crippen LogP contribution in [-0.2, 0) is 14.3 Å². The maximum absolute atomic E-state index is 11.6. The van der Waals surface area contributed by atoms with E-state index in [0.717, 1.165) is 5.56 Å². The fraction of sp³-hybridized carbons (Fsp3) is 0.417. The van der Waals surface area contributed by atoms with Gasteiger partial charge in [-0.15, -0.1) is 11.3 Å². The highest BCUT2D eigenvalue weighted by atomic mass is 32.1. The average Bonchev–Trinajstić information content (AvgIpc) is 2.70. The number of carbonyl (C=O) groups is 3. The van der Waals surface area contributed by atoms with Gasteiger partial charge in [0.1, 0.15) is 4.88 Å². The Morgan fingerprint density at radius 1 is 1.44 bits per heavy atom. The molecule has 0 saturated carbocycles. The molecular weight excluding hydrogens is 256 g/mol. The Morgan fingerprint density at radius 2 is 2.11 bits per heavy atom. The number of thiophene rings is 1. The zero-order valence-corrected chi connectivity index (χ0v) is 11.0. The molecule has 0 bridgehead atoms. The van der Waals surface area contributed by atoms with Crippen molar-refractivity contribution in [2.45, 2.75) is 20.3 Å². The van der Waals surface area contributed by atoms with Crippen molar-refractivity contribution in [1.82, 2.24) is 0 Å². The highest BCUT2D eigenvalue weighted by Gasteiger charge is 2.19. The van der Waals surface area contributed by atoms with Gasteiger partial charge in [-0.2, -0.15) is 0 Å². The standard InChI is InChI=1S/C12H14O5S/c1-7-3-4-18-11(7)12(16)17-6-9(13)8(2)5-10(14)15/h3-4,8H,5-6H2,1-2H3,(H,14,15)/t8-/m0/s1. The Labute approximate surface area is 108 Å². The summed E-state index contributed by atoms with van der Waals surface area (Å²) in [5.74, 6) is -2.63. The number of ketones is 1. The third-order valence-corrected chi connectivity index (χ3v) is 3.42. The van der Waals surface area contributed by atoms with Gasteiger partial charge in [0.2, 0.25) is 0 Å². The van der Waals surface area contributed by atoms with Crippen LogP contribution >= 0.6 is 11.3 Å². The van der Waals surface area contributed by atoms with E-state index in [-0.39, 0.29) is 18.8 Å². The Morgan fingerprint density at radius 3 is 2.61 bits per heavy atom. The number of aryl methyl sites for hydroxylation is 1. The molecule has 98 valence electrons. The Balaban J connectivity index is 2.46. The SMILES string of the molecule is Cc1ccsc1C(=O)OCC(=O)[C@@H](C)CC(=O)O. The maximum Gasteiger partial charge on any atom is 0.349 e. The van der Waals surface area contributed by atoms with Crippen molar-refractivity contribution in [3.05, 3.63) is 21.9 Å². The van der Waals surface area contributed by atoms with Crippen molar-refractivity contribution >= 4 is 29.1 Å². The number of Topliss-reactive ketones (excluding diaryl/α,β-unsaturated/α-hetero) is 1. The van der Waals surface area contributed by atoms with Crippen LogP contribution in [-0.4, -0.2) is 29.4 Å². The molecule has 1 atom stereocenters. The molecule has 1 rings (SSSR count). The summed E-state index contributed by atoms with van der Waals surface area (Å²) in [4.78, 5) is 34.0. The van der Waals surface area contributed by atoms with Crippen molar-refractivity contribution in [3.63, 3.8) is 0 Å². The van der Waals surface area contributed by atoms with E-state index in [1.807, 2.05) is 0 Å². The van der Waals surface area contributed by atoms with E-state index in [1.54, 1.807) is 18.4 Å². The fourth-order valence-electron chi connectivity index (χ4n) is 1.30. The zero-order chi connectivity index (χ0) is 13.7. The first-order valence-electron chi connectivity index (χ1n) is 5.37. The summed E-state index contributed by atoms with van der Waals surface area (Å²) in [6, 6.07) is 1.79. The summed E-state index contributed by atoms with van der Waals surface area (Å²) in [5, 5.41) is 10.3. The van der Waals surface area contributed by atoms with Gasteiger partial charge < -0.3 is 9.84 Å². The lowest BCUT2D eigenvalue weighted by Gasteiger charge is -2.08. The smallest absolute Gasteiger partial charge is 0.349 e. The molecule has 0 aliphatic heterocycles. The van der Waals surface area contributed by atoms with E-state index in [0.29, 0.717) is 4.88 Å². The molecular formula is C12H14O5S. The summed E-state index contributed by atoms with van der Waals surface area (Å²) < 4.78 is 4.86. The monoisotopic (exact) mass is 270 g/mol. The number of carboxylic acids is 1. The molecule has 0 saturated heterocycles. The van der Waals surface area contributed by atoms with Crippen LogP contribution in [0.15, 0.2) is 11.4 Å². The number of ether oxygens (including phenoxy) is 1. The van der Waals surface area contributed by atoms with Gasteiger partial charge in [-0.3, -0.25) is 9.59 Å². The Hall–Kier alpha value is -1.69. The molecule has 0 aromatic carbocycles. The molecule has 0 unspecified atom stereocenters. The highest BCUT2D eigenvalue weighted by molar-refractivity contribution is 7.12. The number of aliphatic carboxylic acids is 1. The summed E-state index contributed by atoms with van der Waals surface area (Å²) in [6.07, 6.45) is -0.256. The van der Waals surface area contributed by atoms with Gasteiger partial charge >= 0.3 is 11.9 Å². The van der Waals surface area contributed by atoms with Crippen LogP contribution in [0.4, 0.5) is 0 Å². The molecule has 1 heterocycles. The molecule has 0 fully saturated rings. The van der Waals surface area contributed by atoms with Gasteiger partial charge in [0, 0.05) is 5.92 Å². The van der Waals surface area contributed by atoms with E-state index < -0.39 is 17.9 Å². The molecule has 0 aliphatic carbocycles. The van der Waals surface area contributed by atoms with E-state index >= 15 is 0 Å². The lowest BCUT2D eigenvalue weighted by atomic mass is 10.0. The van der Waals surface area contributed by atoms with Crippen LogP contribution in [0.3, 0.4) is 0 Å². The molecule has 1 aromatic heterocycles. The van der Waals surface area contributed by atoms with Gasteiger partial charge in [0.05, 0.1) is 6.42 Å². The number of hydrogen-bond donors (Lipinski definition) is 1. The minimum absolute atomic E-state index is 0.256. The van der Waals surface area contributed by atoms with Crippen molar-refractivity contribution in [1.29, 1.82) is 0 Å². The van der Waals surface area contributed by atoms with E-state index in [4.69, 9.17) is 9.84 Å². The minimum atomic E-state index is -1.05. The van der Waals surface area contributed by atoms with Crippen LogP contribution in [0.25, 0.3) is 0 Å². The summed E-state index contributed by atoms with van der Waals surface area (Å²) in [7, 11) is 0. The van der Waals surface area contributed by atoms with Gasteiger partial charge in [0.25, 0.3) is 0 Å². The fourth-order valence-corrected chi connectivity index (χ4v) is 2.12. The van der Waals surface area contributed by atoms with Gasteiger partial charge in [-0.25, -0.2) is 4.79 Å². The van der Waals surface area contributed by atoms with Crippen LogP contribution in [0.2, 0.25) is 0 Å². The third kappa shape index (κ3) is 3.96. The predicted octanol–water partition coefficient (Wildman–Crippen LogP) is 1.89. The minimum Gasteiger partial charge on any atom is -0.481 e. The Kier molecular flexibility index (Phi) is 5.03. The molecule has 5 nitrogen and oxygen atoms in total. The van der Waals surface area contributed by atoms with Gasteiger partial charge in [-0.05, 0) is 23.9 Å². The molecule has 0 radical (unpaired) electrons. The van der Waals surface area contributed by atoms with Gasteiger partial charge in [0.15, 0.2) is 12.4 Å². The second kappa shape index (κ2) is 6.30. The first-order chi connectivity index (χ1) is 8.41. The molecule has 1 aromatic rings. The molecule has 0 amide bonds. The molecule has 0 aliphatic rings. The van der Waals surface area contributed by atoms with Crippen molar-refractivity contribution in [2.75, 3.05) is 6.61 Å². The number of carboxylic acid groups (broad SMARTS) is 1. The lowest BCUT2D eigenvalue weighted by Crippen LogP contribution is -2.22. The topological polar surface area (TPSA) is 80.7 Å². The third-order valence-electron chi connectivity index (χ3n) is 2.42. The Bertz CT molecular complexity index is 463. The van der Waals surface area contributed by atoms with Crippen LogP contribution in [0.1, 0.15) is 28.6 Å². The van der Waals surface area contributed by atoms with Crippen molar-refractivity contribution in [2.24, 2.45) is 5.92 Å². The molecule has 1 N–H and O–H groups in total. The average molecular weight is 270 g/mol. The van der Waals surface area contributed by atoms with Crippen molar-refractivity contribution < 1.29 is 24.2 Å². The predicted molar refractivity (Wildman–Crippen MR) is 65.8 cm³/mol. The molecule has 18 heavy (non-hydrogen) atoms. The van der Waals surface area contributed by atoms with Gasteiger partial charge in [-0.1, -0.05) is 6.92 Å². The summed E-state index contributed by atoms with van der Waals surface area (Å²) >= 11 is 1.25. The number of hydrogen-bond acceptors (Lipinski definition) is 5. The van der Waals surface area contributed by atoms with Crippen LogP contribution < -0.4 is 0 Å². The van der Waals surface area contributed by atoms with E-state index in [1.165, 1.54) is 18.3 Å². The van der Waals surface area contributed by atoms with Crippen LogP contribution in [0, 0.1) is 12.8 Å². The number of rotatable bonds is 6. The zero-order valence-electron chi connectivity index (χ0n) is 10.1. The maximum atomic E-state index is 11.6. The van der Waals surface area contributed by atoms with E-state index in [9.17, 15) is 14.4 Å². The van der Waals surface area contributed by atoms with Crippen molar-refractivity contribution in [3.8, 4) is 0 Å². The van der Waals surface area contributed by atoms with E-state index in [2.05, 4.69) is 0 Å². The second-order valence-electron chi connectivity index (χ2n) is 3.97. The largest absolute Gasteiger partial charge is 0.481 e. The first-order valence-corrected chi connectivity index (χ1v) is 6.25. The molecule has 0 spiro atoms. The number of carbonyl (C=O) groups excluding carboxylic acids is 2. The number of esters is 1. The lowest BCUT2D eigenvalue weighted by molar-refractivity contribution is -0.140. The van der Waals surface area contributed by atoms with Crippen LogP contribution in [0.5, 0.6) is 0 Å². The quantitative estimate of drug-likeness (QED) is 0.798.